The van der Waals surface area contributed by atoms with E-state index >= 15 is 0 Å². The third-order valence-electron chi connectivity index (χ3n) is 4.89. The van der Waals surface area contributed by atoms with E-state index in [0.29, 0.717) is 12.8 Å². The van der Waals surface area contributed by atoms with E-state index in [-0.39, 0.29) is 36.7 Å². The lowest BCUT2D eigenvalue weighted by molar-refractivity contribution is -0.123. The molecule has 6 nitrogen and oxygen atoms in total. The molecule has 3 N–H and O–H groups in total. The number of nitrogens with zero attached hydrogens (tertiary/aromatic N) is 1. The number of amides is 3. The zero-order valence-corrected chi connectivity index (χ0v) is 18.1. The normalized spacial score (nSPS) is 12.8. The van der Waals surface area contributed by atoms with Gasteiger partial charge >= 0.3 is 6.03 Å². The highest BCUT2D eigenvalue weighted by Crippen LogP contribution is 2.18. The Hall–Kier alpha value is -3.00. The number of hydrogen-bond donors (Lipinski definition) is 3. The summed E-state index contributed by atoms with van der Waals surface area (Å²) in [5, 5.41) is 8.23. The van der Waals surface area contributed by atoms with Gasteiger partial charge in [-0.3, -0.25) is 4.79 Å². The van der Waals surface area contributed by atoms with Crippen molar-refractivity contribution in [3.8, 4) is 0 Å². The van der Waals surface area contributed by atoms with Crippen molar-refractivity contribution in [3.05, 3.63) is 71.3 Å². The molecule has 0 aliphatic carbocycles. The van der Waals surface area contributed by atoms with Crippen molar-refractivity contribution in [3.63, 3.8) is 0 Å². The van der Waals surface area contributed by atoms with Crippen molar-refractivity contribution in [2.24, 2.45) is 0 Å². The van der Waals surface area contributed by atoms with Crippen molar-refractivity contribution in [2.75, 3.05) is 20.6 Å². The molecule has 3 amide bonds. The fraction of sp³-hybridized carbons (Fsp3) is 0.391. The molecular formula is C23H30F2N4O2. The molecule has 0 radical (unpaired) electrons. The number of urea groups is 1. The summed E-state index contributed by atoms with van der Waals surface area (Å²) < 4.78 is 26.6. The molecule has 0 bridgehead atoms. The van der Waals surface area contributed by atoms with Crippen molar-refractivity contribution in [2.45, 2.75) is 38.4 Å². The van der Waals surface area contributed by atoms with Gasteiger partial charge in [0.2, 0.25) is 5.91 Å². The minimum atomic E-state index is -0.700. The Morgan fingerprint density at radius 1 is 1.00 bits per heavy atom. The molecule has 2 atom stereocenters. The Balaban J connectivity index is 1.92. The van der Waals surface area contributed by atoms with Gasteiger partial charge in [-0.25, -0.2) is 13.6 Å². The molecule has 0 aromatic heterocycles. The quantitative estimate of drug-likeness (QED) is 0.539. The predicted octanol–water partition coefficient (Wildman–Crippen LogP) is 3.35. The van der Waals surface area contributed by atoms with Gasteiger partial charge in [0.25, 0.3) is 0 Å². The van der Waals surface area contributed by atoms with Crippen LogP contribution < -0.4 is 16.0 Å². The molecule has 0 saturated carbocycles. The van der Waals surface area contributed by atoms with Gasteiger partial charge in [-0.05, 0) is 55.9 Å². The van der Waals surface area contributed by atoms with E-state index in [1.165, 1.54) is 24.3 Å². The number of halogens is 2. The summed E-state index contributed by atoms with van der Waals surface area (Å²) in [6.07, 6.45) is 1.18. The van der Waals surface area contributed by atoms with E-state index in [4.69, 9.17) is 0 Å². The van der Waals surface area contributed by atoms with Crippen LogP contribution in [-0.4, -0.2) is 43.5 Å². The fourth-order valence-electron chi connectivity index (χ4n) is 3.18. The van der Waals surface area contributed by atoms with Crippen LogP contribution in [0.1, 0.15) is 36.9 Å². The predicted molar refractivity (Wildman–Crippen MR) is 116 cm³/mol. The van der Waals surface area contributed by atoms with Crippen molar-refractivity contribution < 1.29 is 18.4 Å². The van der Waals surface area contributed by atoms with Crippen LogP contribution in [0.4, 0.5) is 13.6 Å². The summed E-state index contributed by atoms with van der Waals surface area (Å²) in [5.41, 5.74) is 1.50. The molecule has 0 aliphatic heterocycles. The van der Waals surface area contributed by atoms with Gasteiger partial charge < -0.3 is 20.9 Å². The molecule has 168 valence electrons. The number of nitrogens with one attached hydrogen (secondary N) is 3. The summed E-state index contributed by atoms with van der Waals surface area (Å²) >= 11 is 0. The Morgan fingerprint density at radius 3 is 2.32 bits per heavy atom. The highest BCUT2D eigenvalue weighted by Gasteiger charge is 2.22. The number of carbonyl (C=O) groups excluding carboxylic acids is 2. The fourth-order valence-corrected chi connectivity index (χ4v) is 3.18. The average molecular weight is 433 g/mol. The first-order valence-electron chi connectivity index (χ1n) is 10.3. The highest BCUT2D eigenvalue weighted by molar-refractivity contribution is 5.87. The summed E-state index contributed by atoms with van der Waals surface area (Å²) in [7, 11) is 3.71. The molecule has 0 aliphatic rings. The van der Waals surface area contributed by atoms with Gasteiger partial charge in [-0.1, -0.05) is 37.6 Å². The Labute approximate surface area is 182 Å². The lowest BCUT2D eigenvalue weighted by Gasteiger charge is -2.26. The number of rotatable bonds is 10. The van der Waals surface area contributed by atoms with E-state index in [9.17, 15) is 18.4 Å². The minimum absolute atomic E-state index is 0.214. The van der Waals surface area contributed by atoms with Crippen molar-refractivity contribution in [1.29, 1.82) is 0 Å². The maximum Gasteiger partial charge on any atom is 0.315 e. The summed E-state index contributed by atoms with van der Waals surface area (Å²) in [5.74, 6) is -0.983. The first-order chi connectivity index (χ1) is 14.8. The maximum atomic E-state index is 13.6. The number of likely N-dealkylation sites (N-methyl/N-ethyl adjacent to an activating group) is 1. The number of carbonyl (C=O) groups is 2. The SMILES string of the molecule is CCCC(NC(=O)NCc1ccc(F)cc1)C(=O)NCC(c1cccc(F)c1)N(C)C. The molecular weight excluding hydrogens is 402 g/mol. The van der Waals surface area contributed by atoms with E-state index in [1.807, 2.05) is 32.0 Å². The van der Waals surface area contributed by atoms with Gasteiger partial charge in [0.1, 0.15) is 17.7 Å². The molecule has 2 aromatic rings. The zero-order chi connectivity index (χ0) is 22.8. The van der Waals surface area contributed by atoms with Crippen molar-refractivity contribution >= 4 is 11.9 Å². The third-order valence-corrected chi connectivity index (χ3v) is 4.89. The monoisotopic (exact) mass is 432 g/mol. The Morgan fingerprint density at radius 2 is 1.71 bits per heavy atom. The lowest BCUT2D eigenvalue weighted by atomic mass is 10.1. The zero-order valence-electron chi connectivity index (χ0n) is 18.1. The first kappa shape index (κ1) is 24.3. The van der Waals surface area contributed by atoms with E-state index < -0.39 is 12.1 Å². The molecule has 0 fully saturated rings. The van der Waals surface area contributed by atoms with Crippen LogP contribution in [0, 0.1) is 11.6 Å². The van der Waals surface area contributed by atoms with Crippen LogP contribution >= 0.6 is 0 Å². The van der Waals surface area contributed by atoms with Crippen LogP contribution in [-0.2, 0) is 11.3 Å². The molecule has 2 rings (SSSR count). The summed E-state index contributed by atoms with van der Waals surface area (Å²) in [6, 6.07) is 10.7. The minimum Gasteiger partial charge on any atom is -0.352 e. The number of hydrogen-bond acceptors (Lipinski definition) is 3. The van der Waals surface area contributed by atoms with Crippen LogP contribution in [0.15, 0.2) is 48.5 Å². The largest absolute Gasteiger partial charge is 0.352 e. The van der Waals surface area contributed by atoms with Gasteiger partial charge in [0.05, 0.1) is 6.04 Å². The second-order valence-corrected chi connectivity index (χ2v) is 7.57. The molecule has 0 saturated heterocycles. The smallest absolute Gasteiger partial charge is 0.315 e. The molecule has 31 heavy (non-hydrogen) atoms. The second kappa shape index (κ2) is 12.0. The standard InChI is InChI=1S/C23H30F2N4O2/c1-4-6-20(28-23(31)27-14-16-9-11-18(24)12-10-16)22(30)26-15-21(29(2)3)17-7-5-8-19(25)13-17/h5,7-13,20-21H,4,6,14-15H2,1-3H3,(H,26,30)(H2,27,28,31). The second-order valence-electron chi connectivity index (χ2n) is 7.57. The third kappa shape index (κ3) is 7.97. The van der Waals surface area contributed by atoms with E-state index in [1.54, 1.807) is 18.2 Å². The van der Waals surface area contributed by atoms with Crippen LogP contribution in [0.5, 0.6) is 0 Å². The van der Waals surface area contributed by atoms with Crippen LogP contribution in [0.2, 0.25) is 0 Å². The Bertz CT molecular complexity index is 859. The maximum absolute atomic E-state index is 13.6. The number of benzene rings is 2. The van der Waals surface area contributed by atoms with Crippen molar-refractivity contribution in [1.82, 2.24) is 20.9 Å². The molecule has 2 unspecified atom stereocenters. The van der Waals surface area contributed by atoms with Gasteiger partial charge in [-0.15, -0.1) is 0 Å². The van der Waals surface area contributed by atoms with Gasteiger partial charge in [0.15, 0.2) is 0 Å². The topological polar surface area (TPSA) is 73.5 Å². The summed E-state index contributed by atoms with van der Waals surface area (Å²) in [6.45, 7) is 2.41. The van der Waals surface area contributed by atoms with Crippen LogP contribution in [0.25, 0.3) is 0 Å². The highest BCUT2D eigenvalue weighted by atomic mass is 19.1. The van der Waals surface area contributed by atoms with E-state index in [0.717, 1.165) is 11.1 Å². The van der Waals surface area contributed by atoms with E-state index in [2.05, 4.69) is 16.0 Å². The molecule has 8 heteroatoms. The Kier molecular flexibility index (Phi) is 9.40. The molecule has 0 heterocycles. The average Bonchev–Trinajstić information content (AvgIpc) is 2.73. The van der Waals surface area contributed by atoms with Gasteiger partial charge in [-0.2, -0.15) is 0 Å². The molecule has 2 aromatic carbocycles. The van der Waals surface area contributed by atoms with Gasteiger partial charge in [0, 0.05) is 13.1 Å². The first-order valence-corrected chi connectivity index (χ1v) is 10.3. The molecule has 0 spiro atoms. The van der Waals surface area contributed by atoms with Crippen LogP contribution in [0.3, 0.4) is 0 Å². The lowest BCUT2D eigenvalue weighted by Crippen LogP contribution is -2.50. The summed E-state index contributed by atoms with van der Waals surface area (Å²) in [4.78, 5) is 26.9.